The van der Waals surface area contributed by atoms with Crippen molar-refractivity contribution in [2.75, 3.05) is 39.8 Å². The fourth-order valence-corrected chi connectivity index (χ4v) is 3.86. The van der Waals surface area contributed by atoms with Crippen LogP contribution in [-0.4, -0.2) is 56.8 Å². The van der Waals surface area contributed by atoms with E-state index in [1.807, 2.05) is 0 Å². The quantitative estimate of drug-likeness (QED) is 0.790. The van der Waals surface area contributed by atoms with E-state index in [9.17, 15) is 8.42 Å². The van der Waals surface area contributed by atoms with Crippen LogP contribution in [-0.2, 0) is 10.2 Å². The summed E-state index contributed by atoms with van der Waals surface area (Å²) in [6.45, 7) is 3.60. The number of hydrogen-bond donors (Lipinski definition) is 1. The summed E-state index contributed by atoms with van der Waals surface area (Å²) in [5.74, 6) is 0.583. The van der Waals surface area contributed by atoms with Crippen LogP contribution in [0.1, 0.15) is 25.7 Å². The summed E-state index contributed by atoms with van der Waals surface area (Å²) in [5.41, 5.74) is 0. The van der Waals surface area contributed by atoms with Crippen molar-refractivity contribution in [2.45, 2.75) is 25.7 Å². The van der Waals surface area contributed by atoms with E-state index in [0.717, 1.165) is 19.5 Å². The Balaban J connectivity index is 1.94. The molecule has 0 aromatic rings. The molecule has 17 heavy (non-hydrogen) atoms. The molecule has 0 radical (unpaired) electrons. The summed E-state index contributed by atoms with van der Waals surface area (Å²) >= 11 is 0. The molecule has 6 heteroatoms. The molecule has 1 saturated heterocycles. The third-order valence-electron chi connectivity index (χ3n) is 3.76. The molecule has 0 aromatic carbocycles. The highest BCUT2D eigenvalue weighted by molar-refractivity contribution is 7.86. The molecule has 100 valence electrons. The van der Waals surface area contributed by atoms with Gasteiger partial charge in [0.05, 0.1) is 0 Å². The summed E-state index contributed by atoms with van der Waals surface area (Å²) in [6, 6.07) is 0. The lowest BCUT2D eigenvalue weighted by Gasteiger charge is -2.32. The van der Waals surface area contributed by atoms with E-state index in [0.29, 0.717) is 25.6 Å². The maximum absolute atomic E-state index is 12.3. The standard InChI is InChI=1S/C11H23N3O2S/c1-13(10-11-4-2-5-11)17(15,16)14-8-3-6-12-7-9-14/h11-12H,2-10H2,1H3. The second-order valence-corrected chi connectivity index (χ2v) is 7.12. The van der Waals surface area contributed by atoms with Gasteiger partial charge in [-0.2, -0.15) is 17.0 Å². The Morgan fingerprint density at radius 1 is 1.24 bits per heavy atom. The van der Waals surface area contributed by atoms with Gasteiger partial charge >= 0.3 is 0 Å². The molecular formula is C11H23N3O2S. The largest absolute Gasteiger partial charge is 0.315 e. The first-order valence-electron chi connectivity index (χ1n) is 6.53. The van der Waals surface area contributed by atoms with Gasteiger partial charge in [0.1, 0.15) is 0 Å². The minimum atomic E-state index is -3.23. The van der Waals surface area contributed by atoms with Crippen LogP contribution in [0.3, 0.4) is 0 Å². The van der Waals surface area contributed by atoms with Gasteiger partial charge in [-0.3, -0.25) is 0 Å². The first-order valence-corrected chi connectivity index (χ1v) is 7.92. The molecule has 0 atom stereocenters. The average molecular weight is 261 g/mol. The Hall–Kier alpha value is -0.170. The highest BCUT2D eigenvalue weighted by Gasteiger charge is 2.30. The van der Waals surface area contributed by atoms with Gasteiger partial charge in [-0.25, -0.2) is 0 Å². The molecule has 0 unspecified atom stereocenters. The van der Waals surface area contributed by atoms with E-state index in [2.05, 4.69) is 5.32 Å². The Bertz CT molecular complexity index is 333. The summed E-state index contributed by atoms with van der Waals surface area (Å²) in [4.78, 5) is 0. The molecule has 1 heterocycles. The summed E-state index contributed by atoms with van der Waals surface area (Å²) < 4.78 is 27.8. The van der Waals surface area contributed by atoms with E-state index >= 15 is 0 Å². The second kappa shape index (κ2) is 5.65. The van der Waals surface area contributed by atoms with Gasteiger partial charge in [-0.1, -0.05) is 6.42 Å². The molecule has 1 N–H and O–H groups in total. The first-order chi connectivity index (χ1) is 8.10. The Kier molecular flexibility index (Phi) is 4.41. The van der Waals surface area contributed by atoms with Gasteiger partial charge in [-0.15, -0.1) is 0 Å². The Morgan fingerprint density at radius 3 is 2.65 bits per heavy atom. The molecule has 0 amide bonds. The molecule has 2 rings (SSSR count). The number of hydrogen-bond acceptors (Lipinski definition) is 3. The van der Waals surface area contributed by atoms with Crippen LogP contribution in [0.5, 0.6) is 0 Å². The number of nitrogens with zero attached hydrogens (tertiary/aromatic N) is 2. The zero-order chi connectivity index (χ0) is 12.3. The number of rotatable bonds is 4. The van der Waals surface area contributed by atoms with Crippen LogP contribution in [0, 0.1) is 5.92 Å². The maximum Gasteiger partial charge on any atom is 0.281 e. The van der Waals surface area contributed by atoms with Crippen molar-refractivity contribution in [1.82, 2.24) is 13.9 Å². The van der Waals surface area contributed by atoms with Crippen molar-refractivity contribution in [3.63, 3.8) is 0 Å². The monoisotopic (exact) mass is 261 g/mol. The van der Waals surface area contributed by atoms with E-state index in [4.69, 9.17) is 0 Å². The lowest BCUT2D eigenvalue weighted by molar-refractivity contribution is 0.252. The molecule has 2 aliphatic rings. The van der Waals surface area contributed by atoms with Gasteiger partial charge in [0, 0.05) is 33.2 Å². The van der Waals surface area contributed by atoms with E-state index < -0.39 is 10.2 Å². The molecule has 5 nitrogen and oxygen atoms in total. The van der Waals surface area contributed by atoms with E-state index in [-0.39, 0.29) is 0 Å². The fraction of sp³-hybridized carbons (Fsp3) is 1.00. The van der Waals surface area contributed by atoms with Crippen LogP contribution in [0.25, 0.3) is 0 Å². The van der Waals surface area contributed by atoms with Crippen LogP contribution in [0.15, 0.2) is 0 Å². The SMILES string of the molecule is CN(CC1CCC1)S(=O)(=O)N1CCCNCC1. The summed E-state index contributed by atoms with van der Waals surface area (Å²) in [5, 5.41) is 3.23. The normalized spacial score (nSPS) is 24.6. The van der Waals surface area contributed by atoms with Crippen LogP contribution < -0.4 is 5.32 Å². The van der Waals surface area contributed by atoms with Gasteiger partial charge in [0.15, 0.2) is 0 Å². The van der Waals surface area contributed by atoms with Crippen molar-refractivity contribution in [2.24, 2.45) is 5.92 Å². The predicted molar refractivity (Wildman–Crippen MR) is 68.0 cm³/mol. The van der Waals surface area contributed by atoms with Gasteiger partial charge in [0.25, 0.3) is 10.2 Å². The third kappa shape index (κ3) is 3.19. The van der Waals surface area contributed by atoms with Crippen LogP contribution in [0.4, 0.5) is 0 Å². The van der Waals surface area contributed by atoms with Gasteiger partial charge < -0.3 is 5.32 Å². The topological polar surface area (TPSA) is 52.7 Å². The minimum Gasteiger partial charge on any atom is -0.315 e. The molecule has 2 fully saturated rings. The third-order valence-corrected chi connectivity index (χ3v) is 5.71. The Labute approximate surface area is 104 Å². The van der Waals surface area contributed by atoms with Crippen molar-refractivity contribution < 1.29 is 8.42 Å². The maximum atomic E-state index is 12.3. The van der Waals surface area contributed by atoms with Crippen molar-refractivity contribution >= 4 is 10.2 Å². The average Bonchev–Trinajstić information content (AvgIpc) is 2.51. The van der Waals surface area contributed by atoms with Crippen molar-refractivity contribution in [1.29, 1.82) is 0 Å². The fourth-order valence-electron chi connectivity index (χ4n) is 2.38. The number of nitrogens with one attached hydrogen (secondary N) is 1. The van der Waals surface area contributed by atoms with E-state index in [1.54, 1.807) is 15.7 Å². The molecule has 1 aliphatic heterocycles. The van der Waals surface area contributed by atoms with E-state index in [1.165, 1.54) is 19.3 Å². The van der Waals surface area contributed by atoms with Gasteiger partial charge in [-0.05, 0) is 31.7 Å². The van der Waals surface area contributed by atoms with Crippen LogP contribution >= 0.6 is 0 Å². The summed E-state index contributed by atoms with van der Waals surface area (Å²) in [7, 11) is -1.52. The van der Waals surface area contributed by atoms with Crippen molar-refractivity contribution in [3.8, 4) is 0 Å². The second-order valence-electron chi connectivity index (χ2n) is 5.09. The molecular weight excluding hydrogens is 238 g/mol. The lowest BCUT2D eigenvalue weighted by Crippen LogP contribution is -2.45. The lowest BCUT2D eigenvalue weighted by atomic mass is 9.86. The smallest absolute Gasteiger partial charge is 0.281 e. The zero-order valence-electron chi connectivity index (χ0n) is 10.6. The van der Waals surface area contributed by atoms with Crippen LogP contribution in [0.2, 0.25) is 0 Å². The molecule has 1 saturated carbocycles. The minimum absolute atomic E-state index is 0.583. The van der Waals surface area contributed by atoms with Crippen molar-refractivity contribution in [3.05, 3.63) is 0 Å². The summed E-state index contributed by atoms with van der Waals surface area (Å²) in [6.07, 6.45) is 4.52. The Morgan fingerprint density at radius 2 is 2.00 bits per heavy atom. The highest BCUT2D eigenvalue weighted by Crippen LogP contribution is 2.27. The zero-order valence-corrected chi connectivity index (χ0v) is 11.4. The van der Waals surface area contributed by atoms with Gasteiger partial charge in [0.2, 0.25) is 0 Å². The molecule has 0 aromatic heterocycles. The molecule has 0 spiro atoms. The molecule has 0 bridgehead atoms. The predicted octanol–water partition coefficient (Wildman–Crippen LogP) is 0.258. The molecule has 1 aliphatic carbocycles. The highest BCUT2D eigenvalue weighted by atomic mass is 32.2. The first kappa shape index (κ1) is 13.3.